The third-order valence-corrected chi connectivity index (χ3v) is 2.07. The minimum absolute atomic E-state index is 0.136. The minimum atomic E-state index is -0.136. The van der Waals surface area contributed by atoms with Crippen LogP contribution in [-0.4, -0.2) is 19.7 Å². The van der Waals surface area contributed by atoms with E-state index in [0.29, 0.717) is 23.8 Å². The number of anilines is 1. The fraction of sp³-hybridized carbons (Fsp3) is 0.222. The van der Waals surface area contributed by atoms with Crippen molar-refractivity contribution in [2.45, 2.75) is 13.5 Å². The molecule has 0 saturated heterocycles. The Morgan fingerprint density at radius 1 is 1.60 bits per heavy atom. The molecule has 0 aliphatic carbocycles. The van der Waals surface area contributed by atoms with Crippen molar-refractivity contribution in [3.63, 3.8) is 0 Å². The number of aromatic nitrogens is 4. The third-order valence-electron chi connectivity index (χ3n) is 2.07. The van der Waals surface area contributed by atoms with Crippen molar-refractivity contribution in [2.24, 2.45) is 0 Å². The quantitative estimate of drug-likeness (QED) is 0.734. The fourth-order valence-electron chi connectivity index (χ4n) is 1.31. The number of aryl methyl sites for hydroxylation is 1. The Kier molecular flexibility index (Phi) is 2.24. The molecule has 0 atom stereocenters. The van der Waals surface area contributed by atoms with Crippen LogP contribution in [0, 0.1) is 0 Å². The highest BCUT2D eigenvalue weighted by Crippen LogP contribution is 2.09. The van der Waals surface area contributed by atoms with Gasteiger partial charge in [-0.3, -0.25) is 9.48 Å². The van der Waals surface area contributed by atoms with Gasteiger partial charge in [-0.25, -0.2) is 9.97 Å². The maximum atomic E-state index is 11.7. The minimum Gasteiger partial charge on any atom is -0.384 e. The van der Waals surface area contributed by atoms with Gasteiger partial charge in [-0.05, 0) is 13.0 Å². The number of H-pyrrole nitrogens is 1. The van der Waals surface area contributed by atoms with E-state index in [1.165, 1.54) is 10.9 Å². The monoisotopic (exact) mass is 205 g/mol. The highest BCUT2D eigenvalue weighted by Gasteiger charge is 2.09. The molecule has 0 spiro atoms. The normalized spacial score (nSPS) is 10.5. The van der Waals surface area contributed by atoms with Gasteiger partial charge in [-0.1, -0.05) is 0 Å². The molecule has 0 radical (unpaired) electrons. The summed E-state index contributed by atoms with van der Waals surface area (Å²) in [5.41, 5.74) is 5.81. The Hall–Kier alpha value is -2.11. The summed E-state index contributed by atoms with van der Waals surface area (Å²) in [5.74, 6) is 0.701. The Morgan fingerprint density at radius 3 is 3.00 bits per heavy atom. The van der Waals surface area contributed by atoms with E-state index in [9.17, 15) is 4.79 Å². The highest BCUT2D eigenvalue weighted by atomic mass is 16.1. The van der Waals surface area contributed by atoms with Crippen molar-refractivity contribution in [1.29, 1.82) is 0 Å². The molecule has 0 bridgehead atoms. The average molecular weight is 205 g/mol. The first-order valence-corrected chi connectivity index (χ1v) is 4.59. The molecule has 2 rings (SSSR count). The van der Waals surface area contributed by atoms with Gasteiger partial charge in [0, 0.05) is 18.9 Å². The number of hydrogen-bond donors (Lipinski definition) is 2. The van der Waals surface area contributed by atoms with Crippen LogP contribution >= 0.6 is 0 Å². The zero-order valence-electron chi connectivity index (χ0n) is 8.27. The molecule has 0 amide bonds. The smallest absolute Gasteiger partial charge is 0.277 e. The lowest BCUT2D eigenvalue weighted by Crippen LogP contribution is -2.16. The number of hydrogen-bond acceptors (Lipinski definition) is 4. The zero-order chi connectivity index (χ0) is 10.8. The van der Waals surface area contributed by atoms with Crippen LogP contribution in [-0.2, 0) is 6.54 Å². The van der Waals surface area contributed by atoms with Crippen LogP contribution in [0.3, 0.4) is 0 Å². The molecule has 3 N–H and O–H groups in total. The predicted octanol–water partition coefficient (Wildman–Crippen LogP) is 0.235. The van der Waals surface area contributed by atoms with E-state index in [2.05, 4.69) is 15.1 Å². The standard InChI is InChI=1S/C9H11N5O/c1-2-14-9(15)6(5-12-14)8-11-4-3-7(10)13-8/h3-5,12H,2H2,1H3,(H2,10,11,13). The zero-order valence-corrected chi connectivity index (χ0v) is 8.27. The van der Waals surface area contributed by atoms with Crippen LogP contribution in [0.25, 0.3) is 11.4 Å². The Labute approximate surface area is 85.8 Å². The van der Waals surface area contributed by atoms with Crippen LogP contribution in [0.15, 0.2) is 23.3 Å². The summed E-state index contributed by atoms with van der Waals surface area (Å²) in [5, 5.41) is 2.83. The molecule has 0 aromatic carbocycles. The van der Waals surface area contributed by atoms with Gasteiger partial charge < -0.3 is 10.8 Å². The van der Waals surface area contributed by atoms with Gasteiger partial charge in [0.25, 0.3) is 5.56 Å². The number of aromatic amines is 1. The van der Waals surface area contributed by atoms with Gasteiger partial charge in [-0.15, -0.1) is 0 Å². The lowest BCUT2D eigenvalue weighted by molar-refractivity contribution is 0.638. The van der Waals surface area contributed by atoms with E-state index in [0.717, 1.165) is 0 Å². The molecule has 15 heavy (non-hydrogen) atoms. The summed E-state index contributed by atoms with van der Waals surface area (Å²) < 4.78 is 1.47. The summed E-state index contributed by atoms with van der Waals surface area (Å²) in [4.78, 5) is 19.7. The van der Waals surface area contributed by atoms with Crippen molar-refractivity contribution < 1.29 is 0 Å². The summed E-state index contributed by atoms with van der Waals surface area (Å²) in [6, 6.07) is 1.58. The van der Waals surface area contributed by atoms with Gasteiger partial charge in [0.1, 0.15) is 11.4 Å². The van der Waals surface area contributed by atoms with Crippen molar-refractivity contribution >= 4 is 5.82 Å². The van der Waals surface area contributed by atoms with Crippen molar-refractivity contribution in [2.75, 3.05) is 5.73 Å². The SMILES string of the molecule is CCn1[nH]cc(-c2nccc(N)n2)c1=O. The Bertz CT molecular complexity index is 527. The molecule has 0 aliphatic heterocycles. The van der Waals surface area contributed by atoms with Gasteiger partial charge in [0.15, 0.2) is 5.82 Å². The van der Waals surface area contributed by atoms with E-state index in [1.54, 1.807) is 12.3 Å². The Morgan fingerprint density at radius 2 is 2.40 bits per heavy atom. The van der Waals surface area contributed by atoms with E-state index in [4.69, 9.17) is 5.73 Å². The van der Waals surface area contributed by atoms with Crippen LogP contribution < -0.4 is 11.3 Å². The summed E-state index contributed by atoms with van der Waals surface area (Å²) in [7, 11) is 0. The number of nitrogens with zero attached hydrogens (tertiary/aromatic N) is 3. The van der Waals surface area contributed by atoms with Gasteiger partial charge in [-0.2, -0.15) is 0 Å². The molecule has 0 saturated carbocycles. The molecule has 2 aromatic heterocycles. The average Bonchev–Trinajstić information content (AvgIpc) is 2.59. The number of nitrogen functional groups attached to an aromatic ring is 1. The maximum absolute atomic E-state index is 11.7. The molecule has 0 aliphatic rings. The van der Waals surface area contributed by atoms with Gasteiger partial charge >= 0.3 is 0 Å². The highest BCUT2D eigenvalue weighted by molar-refractivity contribution is 5.53. The molecular weight excluding hydrogens is 194 g/mol. The van der Waals surface area contributed by atoms with Gasteiger partial charge in [0.2, 0.25) is 0 Å². The molecule has 0 unspecified atom stereocenters. The first-order chi connectivity index (χ1) is 7.22. The fourth-order valence-corrected chi connectivity index (χ4v) is 1.31. The second-order valence-electron chi connectivity index (χ2n) is 3.04. The van der Waals surface area contributed by atoms with Crippen molar-refractivity contribution in [1.82, 2.24) is 19.7 Å². The van der Waals surface area contributed by atoms with E-state index in [1.807, 2.05) is 6.92 Å². The summed E-state index contributed by atoms with van der Waals surface area (Å²) in [6.45, 7) is 2.46. The van der Waals surface area contributed by atoms with Crippen LogP contribution in [0.5, 0.6) is 0 Å². The van der Waals surface area contributed by atoms with Crippen LogP contribution in [0.2, 0.25) is 0 Å². The first-order valence-electron chi connectivity index (χ1n) is 4.59. The topological polar surface area (TPSA) is 89.6 Å². The first kappa shape index (κ1) is 9.45. The maximum Gasteiger partial charge on any atom is 0.277 e. The molecule has 2 aromatic rings. The summed E-state index contributed by atoms with van der Waals surface area (Å²) >= 11 is 0. The van der Waals surface area contributed by atoms with E-state index >= 15 is 0 Å². The molecule has 6 heteroatoms. The van der Waals surface area contributed by atoms with Crippen LogP contribution in [0.1, 0.15) is 6.92 Å². The second kappa shape index (κ2) is 3.56. The lowest BCUT2D eigenvalue weighted by Gasteiger charge is -1.95. The molecule has 2 heterocycles. The van der Waals surface area contributed by atoms with Crippen molar-refractivity contribution in [3.05, 3.63) is 28.8 Å². The Balaban J connectivity index is 2.55. The molecule has 0 fully saturated rings. The number of rotatable bonds is 2. The molecule has 6 nitrogen and oxygen atoms in total. The number of nitrogens with two attached hydrogens (primary N) is 1. The van der Waals surface area contributed by atoms with Gasteiger partial charge in [0.05, 0.1) is 0 Å². The third kappa shape index (κ3) is 1.61. The molecular formula is C9H11N5O. The number of nitrogens with one attached hydrogen (secondary N) is 1. The summed E-state index contributed by atoms with van der Waals surface area (Å²) in [6.07, 6.45) is 3.11. The van der Waals surface area contributed by atoms with E-state index < -0.39 is 0 Å². The molecule has 78 valence electrons. The largest absolute Gasteiger partial charge is 0.384 e. The second-order valence-corrected chi connectivity index (χ2v) is 3.04. The predicted molar refractivity (Wildman–Crippen MR) is 56.2 cm³/mol. The lowest BCUT2D eigenvalue weighted by atomic mass is 10.3. The van der Waals surface area contributed by atoms with Crippen molar-refractivity contribution in [3.8, 4) is 11.4 Å². The van der Waals surface area contributed by atoms with Crippen LogP contribution in [0.4, 0.5) is 5.82 Å². The van der Waals surface area contributed by atoms with E-state index in [-0.39, 0.29) is 5.56 Å².